The number of likely N-dealkylation sites (tertiary alicyclic amines) is 1. The lowest BCUT2D eigenvalue weighted by molar-refractivity contribution is -0.384. The number of hydrogen-bond acceptors (Lipinski definition) is 4. The molecule has 2 N–H and O–H groups in total. The summed E-state index contributed by atoms with van der Waals surface area (Å²) in [6, 6.07) is 6.19. The first-order valence-electron chi connectivity index (χ1n) is 6.94. The zero-order chi connectivity index (χ0) is 15.4. The van der Waals surface area contributed by atoms with Crippen LogP contribution in [0.2, 0.25) is 0 Å². The van der Waals surface area contributed by atoms with E-state index in [1.807, 2.05) is 6.92 Å². The maximum Gasteiger partial charge on any atom is 0.269 e. The van der Waals surface area contributed by atoms with Crippen molar-refractivity contribution in [1.82, 2.24) is 4.90 Å². The molecule has 1 aliphatic rings. The Hall–Kier alpha value is -2.21. The summed E-state index contributed by atoms with van der Waals surface area (Å²) in [7, 11) is 0. The Bertz CT molecular complexity index is 552. The van der Waals surface area contributed by atoms with Gasteiger partial charge in [0.2, 0.25) is 5.91 Å². The summed E-state index contributed by atoms with van der Waals surface area (Å²) >= 11 is 0. The van der Waals surface area contributed by atoms with Crippen LogP contribution in [0.4, 0.5) is 5.69 Å². The zero-order valence-corrected chi connectivity index (χ0v) is 11.9. The summed E-state index contributed by atoms with van der Waals surface area (Å²) < 4.78 is 0. The second kappa shape index (κ2) is 6.49. The quantitative estimate of drug-likeness (QED) is 0.520. The standard InChI is InChI=1S/C15H19N3O3/c1-11(16)13-8-9-17(10-13)15(19)7-4-12-2-5-14(6-3-12)18(20)21/h2-7,11,13H,8-10,16H2,1H3/b7-4+. The Morgan fingerprint density at radius 1 is 1.48 bits per heavy atom. The molecule has 112 valence electrons. The Morgan fingerprint density at radius 2 is 2.14 bits per heavy atom. The Labute approximate surface area is 123 Å². The van der Waals surface area contributed by atoms with E-state index in [4.69, 9.17) is 5.73 Å². The molecule has 1 fully saturated rings. The Kier molecular flexibility index (Phi) is 4.70. The van der Waals surface area contributed by atoms with Gasteiger partial charge in [-0.15, -0.1) is 0 Å². The van der Waals surface area contributed by atoms with Gasteiger partial charge in [-0.05, 0) is 43.0 Å². The highest BCUT2D eigenvalue weighted by Gasteiger charge is 2.27. The zero-order valence-electron chi connectivity index (χ0n) is 11.9. The molecular weight excluding hydrogens is 270 g/mol. The van der Waals surface area contributed by atoms with Crippen LogP contribution in [0.1, 0.15) is 18.9 Å². The number of carbonyl (C=O) groups is 1. The van der Waals surface area contributed by atoms with Gasteiger partial charge in [-0.25, -0.2) is 0 Å². The molecule has 0 radical (unpaired) electrons. The fourth-order valence-corrected chi connectivity index (χ4v) is 2.40. The van der Waals surface area contributed by atoms with Gasteiger partial charge in [0.05, 0.1) is 4.92 Å². The van der Waals surface area contributed by atoms with E-state index in [0.717, 1.165) is 18.5 Å². The smallest absolute Gasteiger partial charge is 0.269 e. The second-order valence-corrected chi connectivity index (χ2v) is 5.37. The number of nitro groups is 1. The lowest BCUT2D eigenvalue weighted by atomic mass is 10.0. The normalized spacial score (nSPS) is 19.9. The van der Waals surface area contributed by atoms with Gasteiger partial charge < -0.3 is 10.6 Å². The average Bonchev–Trinajstić information content (AvgIpc) is 2.95. The van der Waals surface area contributed by atoms with Crippen LogP contribution in [0.15, 0.2) is 30.3 Å². The predicted molar refractivity (Wildman–Crippen MR) is 80.5 cm³/mol. The van der Waals surface area contributed by atoms with Crippen molar-refractivity contribution in [2.45, 2.75) is 19.4 Å². The van der Waals surface area contributed by atoms with Crippen molar-refractivity contribution in [3.8, 4) is 0 Å². The highest BCUT2D eigenvalue weighted by Crippen LogP contribution is 2.19. The summed E-state index contributed by atoms with van der Waals surface area (Å²) in [5.41, 5.74) is 6.65. The van der Waals surface area contributed by atoms with Gasteiger partial charge in [0.15, 0.2) is 0 Å². The van der Waals surface area contributed by atoms with Crippen LogP contribution in [-0.2, 0) is 4.79 Å². The van der Waals surface area contributed by atoms with E-state index >= 15 is 0 Å². The molecule has 0 aromatic heterocycles. The lowest BCUT2D eigenvalue weighted by Crippen LogP contribution is -2.32. The third kappa shape index (κ3) is 3.88. The van der Waals surface area contributed by atoms with Crippen LogP contribution in [0.5, 0.6) is 0 Å². The number of nitro benzene ring substituents is 1. The van der Waals surface area contributed by atoms with Crippen LogP contribution >= 0.6 is 0 Å². The topological polar surface area (TPSA) is 89.5 Å². The highest BCUT2D eigenvalue weighted by molar-refractivity contribution is 5.92. The van der Waals surface area contributed by atoms with E-state index in [1.54, 1.807) is 23.1 Å². The largest absolute Gasteiger partial charge is 0.339 e. The van der Waals surface area contributed by atoms with Crippen molar-refractivity contribution < 1.29 is 9.72 Å². The third-order valence-electron chi connectivity index (χ3n) is 3.80. The lowest BCUT2D eigenvalue weighted by Gasteiger charge is -2.16. The predicted octanol–water partition coefficient (Wildman–Crippen LogP) is 1.80. The Balaban J connectivity index is 1.95. The fraction of sp³-hybridized carbons (Fsp3) is 0.400. The van der Waals surface area contributed by atoms with E-state index < -0.39 is 4.92 Å². The maximum absolute atomic E-state index is 12.1. The number of hydrogen-bond donors (Lipinski definition) is 1. The molecule has 1 aliphatic heterocycles. The highest BCUT2D eigenvalue weighted by atomic mass is 16.6. The molecule has 0 bridgehead atoms. The second-order valence-electron chi connectivity index (χ2n) is 5.37. The van der Waals surface area contributed by atoms with E-state index in [2.05, 4.69) is 0 Å². The summed E-state index contributed by atoms with van der Waals surface area (Å²) in [6.07, 6.45) is 4.12. The van der Waals surface area contributed by atoms with Gasteiger partial charge in [0, 0.05) is 37.3 Å². The first kappa shape index (κ1) is 15.2. The number of nitrogens with zero attached hydrogens (tertiary/aromatic N) is 2. The minimum Gasteiger partial charge on any atom is -0.339 e. The maximum atomic E-state index is 12.1. The number of non-ortho nitro benzene ring substituents is 1. The molecule has 1 saturated heterocycles. The van der Waals surface area contributed by atoms with E-state index in [1.165, 1.54) is 18.2 Å². The molecular formula is C15H19N3O3. The summed E-state index contributed by atoms with van der Waals surface area (Å²) in [6.45, 7) is 3.39. The third-order valence-corrected chi connectivity index (χ3v) is 3.80. The van der Waals surface area contributed by atoms with E-state index in [0.29, 0.717) is 12.5 Å². The minimum absolute atomic E-state index is 0.0396. The van der Waals surface area contributed by atoms with Gasteiger partial charge in [-0.1, -0.05) is 0 Å². The number of carbonyl (C=O) groups excluding carboxylic acids is 1. The van der Waals surface area contributed by atoms with Crippen LogP contribution in [0.25, 0.3) is 6.08 Å². The molecule has 0 saturated carbocycles. The van der Waals surface area contributed by atoms with Gasteiger partial charge in [-0.2, -0.15) is 0 Å². The summed E-state index contributed by atoms with van der Waals surface area (Å²) in [4.78, 5) is 23.9. The van der Waals surface area contributed by atoms with Crippen molar-refractivity contribution in [2.24, 2.45) is 11.7 Å². The van der Waals surface area contributed by atoms with Crippen molar-refractivity contribution in [2.75, 3.05) is 13.1 Å². The van der Waals surface area contributed by atoms with Crippen molar-refractivity contribution in [1.29, 1.82) is 0 Å². The van der Waals surface area contributed by atoms with E-state index in [-0.39, 0.29) is 17.6 Å². The van der Waals surface area contributed by atoms with Crippen molar-refractivity contribution in [3.05, 3.63) is 46.0 Å². The van der Waals surface area contributed by atoms with Crippen LogP contribution in [-0.4, -0.2) is 34.9 Å². The molecule has 2 unspecified atom stereocenters. The minimum atomic E-state index is -0.447. The molecule has 1 heterocycles. The van der Waals surface area contributed by atoms with Crippen molar-refractivity contribution in [3.63, 3.8) is 0 Å². The molecule has 2 atom stereocenters. The monoisotopic (exact) mass is 289 g/mol. The van der Waals surface area contributed by atoms with Gasteiger partial charge in [-0.3, -0.25) is 14.9 Å². The first-order valence-corrected chi connectivity index (χ1v) is 6.94. The summed E-state index contributed by atoms with van der Waals surface area (Å²) in [5, 5.41) is 10.6. The number of benzene rings is 1. The molecule has 0 spiro atoms. The molecule has 0 aliphatic carbocycles. The number of amides is 1. The molecule has 1 aromatic carbocycles. The van der Waals surface area contributed by atoms with E-state index in [9.17, 15) is 14.9 Å². The van der Waals surface area contributed by atoms with Crippen LogP contribution in [0.3, 0.4) is 0 Å². The van der Waals surface area contributed by atoms with Crippen LogP contribution in [0, 0.1) is 16.0 Å². The molecule has 2 rings (SSSR count). The molecule has 6 nitrogen and oxygen atoms in total. The van der Waals surface area contributed by atoms with Gasteiger partial charge in [0.1, 0.15) is 0 Å². The van der Waals surface area contributed by atoms with Crippen molar-refractivity contribution >= 4 is 17.7 Å². The number of nitrogens with two attached hydrogens (primary N) is 1. The molecule has 21 heavy (non-hydrogen) atoms. The first-order chi connectivity index (χ1) is 9.97. The Morgan fingerprint density at radius 3 is 2.67 bits per heavy atom. The number of rotatable bonds is 4. The fourth-order valence-electron chi connectivity index (χ4n) is 2.40. The average molecular weight is 289 g/mol. The molecule has 6 heteroatoms. The van der Waals surface area contributed by atoms with Crippen LogP contribution < -0.4 is 5.73 Å². The molecule has 1 amide bonds. The summed E-state index contributed by atoms with van der Waals surface area (Å²) in [5.74, 6) is 0.318. The molecule has 1 aromatic rings. The SMILES string of the molecule is CC(N)C1CCN(C(=O)/C=C/c2ccc([N+](=O)[O-])cc2)C1. The van der Waals surface area contributed by atoms with Gasteiger partial charge >= 0.3 is 0 Å². The van der Waals surface area contributed by atoms with Gasteiger partial charge in [0.25, 0.3) is 5.69 Å².